The zero-order chi connectivity index (χ0) is 17.9. The van der Waals surface area contributed by atoms with Crippen molar-refractivity contribution in [1.82, 2.24) is 9.78 Å². The van der Waals surface area contributed by atoms with Crippen LogP contribution in [0.1, 0.15) is 36.6 Å². The van der Waals surface area contributed by atoms with E-state index in [0.717, 1.165) is 11.3 Å². The smallest absolute Gasteiger partial charge is 0.269 e. The topological polar surface area (TPSA) is 70.7 Å². The molecule has 0 saturated carbocycles. The number of nitrogens with zero attached hydrogens (tertiary/aromatic N) is 3. The Morgan fingerprint density at radius 3 is 2.46 bits per heavy atom. The van der Waals surface area contributed by atoms with Crippen molar-refractivity contribution >= 4 is 28.9 Å². The van der Waals surface area contributed by atoms with E-state index in [1.807, 2.05) is 26.0 Å². The number of anilines is 1. The number of nitriles is 1. The molecule has 1 heterocycles. The molecular weight excluding hydrogens is 347 g/mol. The van der Waals surface area contributed by atoms with Gasteiger partial charge in [-0.1, -0.05) is 37.0 Å². The summed E-state index contributed by atoms with van der Waals surface area (Å²) in [5, 5.41) is 16.8. The molecule has 0 aliphatic rings. The van der Waals surface area contributed by atoms with Crippen molar-refractivity contribution in [2.24, 2.45) is 7.05 Å². The number of aromatic nitrogens is 2. The molecule has 0 amide bonds. The van der Waals surface area contributed by atoms with Crippen LogP contribution in [0.5, 0.6) is 0 Å². The first kappa shape index (κ1) is 18.3. The minimum atomic E-state index is -0.0954. The van der Waals surface area contributed by atoms with Gasteiger partial charge < -0.3 is 5.32 Å². The molecule has 0 radical (unpaired) electrons. The van der Waals surface area contributed by atoms with Crippen molar-refractivity contribution < 1.29 is 0 Å². The van der Waals surface area contributed by atoms with Gasteiger partial charge in [-0.3, -0.25) is 4.79 Å². The fourth-order valence-electron chi connectivity index (χ4n) is 2.39. The van der Waals surface area contributed by atoms with Crippen LogP contribution in [0.3, 0.4) is 0 Å². The van der Waals surface area contributed by atoms with E-state index in [4.69, 9.17) is 28.5 Å². The van der Waals surface area contributed by atoms with Gasteiger partial charge in [0.25, 0.3) is 5.56 Å². The minimum absolute atomic E-state index is 0.0954. The molecule has 0 bridgehead atoms. The fraction of sp³-hybridized carbons (Fsp3) is 0.353. The van der Waals surface area contributed by atoms with Gasteiger partial charge in [0.05, 0.1) is 11.8 Å². The third-order valence-corrected chi connectivity index (χ3v) is 4.31. The summed E-state index contributed by atoms with van der Waals surface area (Å²) in [7, 11) is 1.63. The standard InChI is InChI=1S/C17H18Cl2N4O/c1-10(2)13-6-12(22-23(3)17(13)24)7-14-15(18)8-11(9-16(14)19)21-5-4-20/h6,8-10,21H,5,7H2,1-3H3. The van der Waals surface area contributed by atoms with Crippen LogP contribution in [0, 0.1) is 11.3 Å². The molecule has 7 heteroatoms. The highest BCUT2D eigenvalue weighted by atomic mass is 35.5. The molecular formula is C17H18Cl2N4O. The second-order valence-electron chi connectivity index (χ2n) is 5.78. The van der Waals surface area contributed by atoms with Crippen LogP contribution in [0.4, 0.5) is 5.69 Å². The zero-order valence-electron chi connectivity index (χ0n) is 13.7. The molecule has 1 N–H and O–H groups in total. The van der Waals surface area contributed by atoms with Gasteiger partial charge in [-0.25, -0.2) is 4.68 Å². The van der Waals surface area contributed by atoms with Crippen molar-refractivity contribution in [3.05, 3.63) is 55.4 Å². The van der Waals surface area contributed by atoms with E-state index in [1.54, 1.807) is 19.2 Å². The summed E-state index contributed by atoms with van der Waals surface area (Å²) in [6.07, 6.45) is 0.421. The molecule has 2 aromatic rings. The van der Waals surface area contributed by atoms with Crippen LogP contribution < -0.4 is 10.9 Å². The quantitative estimate of drug-likeness (QED) is 0.820. The lowest BCUT2D eigenvalue weighted by Crippen LogP contribution is -2.25. The van der Waals surface area contributed by atoms with Gasteiger partial charge in [-0.15, -0.1) is 0 Å². The van der Waals surface area contributed by atoms with Gasteiger partial charge in [0.15, 0.2) is 0 Å². The highest BCUT2D eigenvalue weighted by Gasteiger charge is 2.14. The molecule has 5 nitrogen and oxygen atoms in total. The molecule has 0 fully saturated rings. The summed E-state index contributed by atoms with van der Waals surface area (Å²) in [5.41, 5.74) is 2.76. The normalized spacial score (nSPS) is 10.7. The summed E-state index contributed by atoms with van der Waals surface area (Å²) in [6, 6.07) is 7.26. The van der Waals surface area contributed by atoms with Crippen LogP contribution in [-0.2, 0) is 13.5 Å². The lowest BCUT2D eigenvalue weighted by atomic mass is 10.0. The molecule has 1 aromatic heterocycles. The third kappa shape index (κ3) is 4.08. The van der Waals surface area contributed by atoms with Gasteiger partial charge >= 0.3 is 0 Å². The first-order valence-electron chi connectivity index (χ1n) is 7.49. The van der Waals surface area contributed by atoms with E-state index in [-0.39, 0.29) is 18.0 Å². The van der Waals surface area contributed by atoms with Crippen molar-refractivity contribution in [2.75, 3.05) is 11.9 Å². The van der Waals surface area contributed by atoms with Crippen molar-refractivity contribution in [1.29, 1.82) is 5.26 Å². The number of aryl methyl sites for hydroxylation is 1. The Labute approximate surface area is 150 Å². The first-order valence-corrected chi connectivity index (χ1v) is 8.25. The maximum atomic E-state index is 12.1. The Morgan fingerprint density at radius 2 is 1.92 bits per heavy atom. The Bertz CT molecular complexity index is 830. The molecule has 126 valence electrons. The number of nitrogens with one attached hydrogen (secondary N) is 1. The van der Waals surface area contributed by atoms with E-state index >= 15 is 0 Å². The number of rotatable bonds is 5. The van der Waals surface area contributed by atoms with Crippen molar-refractivity contribution in [3.63, 3.8) is 0 Å². The third-order valence-electron chi connectivity index (χ3n) is 3.63. The zero-order valence-corrected chi connectivity index (χ0v) is 15.2. The second kappa shape index (κ2) is 7.69. The summed E-state index contributed by atoms with van der Waals surface area (Å²) in [5.74, 6) is 0.106. The van der Waals surface area contributed by atoms with Gasteiger partial charge in [-0.05, 0) is 29.7 Å². The van der Waals surface area contributed by atoms with Crippen LogP contribution in [0.15, 0.2) is 23.0 Å². The molecule has 0 atom stereocenters. The van der Waals surface area contributed by atoms with Crippen LogP contribution in [-0.4, -0.2) is 16.3 Å². The maximum absolute atomic E-state index is 12.1. The monoisotopic (exact) mass is 364 g/mol. The fourth-order valence-corrected chi connectivity index (χ4v) is 3.01. The van der Waals surface area contributed by atoms with E-state index in [0.29, 0.717) is 27.7 Å². The SMILES string of the molecule is CC(C)c1cc(Cc2c(Cl)cc(NCC#N)cc2Cl)nn(C)c1=O. The van der Waals surface area contributed by atoms with Crippen molar-refractivity contribution in [2.45, 2.75) is 26.2 Å². The van der Waals surface area contributed by atoms with E-state index in [1.165, 1.54) is 4.68 Å². The molecule has 0 aliphatic heterocycles. The number of hydrogen-bond acceptors (Lipinski definition) is 4. The van der Waals surface area contributed by atoms with Gasteiger partial charge in [0, 0.05) is 34.8 Å². The van der Waals surface area contributed by atoms with E-state index < -0.39 is 0 Å². The molecule has 0 saturated heterocycles. The highest BCUT2D eigenvalue weighted by molar-refractivity contribution is 6.36. The Balaban J connectivity index is 2.38. The summed E-state index contributed by atoms with van der Waals surface area (Å²) in [4.78, 5) is 12.1. The first-order chi connectivity index (χ1) is 11.3. The lowest BCUT2D eigenvalue weighted by Gasteiger charge is -2.13. The number of halogens is 2. The minimum Gasteiger partial charge on any atom is -0.372 e. The van der Waals surface area contributed by atoms with Crippen LogP contribution in [0.2, 0.25) is 10.0 Å². The number of benzene rings is 1. The summed E-state index contributed by atoms with van der Waals surface area (Å²) < 4.78 is 1.34. The average Bonchev–Trinajstić information content (AvgIpc) is 2.51. The van der Waals surface area contributed by atoms with Gasteiger partial charge in [0.2, 0.25) is 0 Å². The van der Waals surface area contributed by atoms with Crippen molar-refractivity contribution in [3.8, 4) is 6.07 Å². The van der Waals surface area contributed by atoms with Crippen LogP contribution >= 0.6 is 23.2 Å². The van der Waals surface area contributed by atoms with Gasteiger partial charge in [-0.2, -0.15) is 10.4 Å². The highest BCUT2D eigenvalue weighted by Crippen LogP contribution is 2.30. The van der Waals surface area contributed by atoms with Crippen LogP contribution in [0.25, 0.3) is 0 Å². The second-order valence-corrected chi connectivity index (χ2v) is 6.60. The molecule has 2 rings (SSSR count). The maximum Gasteiger partial charge on any atom is 0.269 e. The Morgan fingerprint density at radius 1 is 1.29 bits per heavy atom. The average molecular weight is 365 g/mol. The Kier molecular flexibility index (Phi) is 5.87. The summed E-state index contributed by atoms with van der Waals surface area (Å²) in [6.45, 7) is 4.11. The van der Waals surface area contributed by atoms with E-state index in [2.05, 4.69) is 10.4 Å². The molecule has 1 aromatic carbocycles. The Hall–Kier alpha value is -2.03. The lowest BCUT2D eigenvalue weighted by molar-refractivity contribution is 0.658. The molecule has 24 heavy (non-hydrogen) atoms. The van der Waals surface area contributed by atoms with E-state index in [9.17, 15) is 4.79 Å². The molecule has 0 spiro atoms. The molecule has 0 aliphatic carbocycles. The number of hydrogen-bond donors (Lipinski definition) is 1. The summed E-state index contributed by atoms with van der Waals surface area (Å²) >= 11 is 12.7. The predicted molar refractivity (Wildman–Crippen MR) is 96.9 cm³/mol. The largest absolute Gasteiger partial charge is 0.372 e. The van der Waals surface area contributed by atoms with Gasteiger partial charge in [0.1, 0.15) is 6.54 Å². The predicted octanol–water partition coefficient (Wildman–Crippen LogP) is 3.74. The molecule has 0 unspecified atom stereocenters.